The first-order valence-corrected chi connectivity index (χ1v) is 23.2. The summed E-state index contributed by atoms with van der Waals surface area (Å²) in [5, 5.41) is 0. The van der Waals surface area contributed by atoms with E-state index in [4.69, 9.17) is 6.58 Å². The summed E-state index contributed by atoms with van der Waals surface area (Å²) in [6.45, 7) is 21.9. The summed E-state index contributed by atoms with van der Waals surface area (Å²) in [5.41, 5.74) is 1.47. The van der Waals surface area contributed by atoms with Gasteiger partial charge in [-0.25, -0.2) is 0 Å². The van der Waals surface area contributed by atoms with Gasteiger partial charge in [0.1, 0.15) is 0 Å². The van der Waals surface area contributed by atoms with Crippen molar-refractivity contribution in [3.05, 3.63) is 46.1 Å². The molecule has 3 heteroatoms. The quantitative estimate of drug-likeness (QED) is 0.197. The zero-order chi connectivity index (χ0) is 21.8. The zero-order valence-corrected chi connectivity index (χ0v) is 24.4. The molecule has 1 aromatic rings. The first-order valence-electron chi connectivity index (χ1n) is 12.3. The minimum atomic E-state index is -2.34. The van der Waals surface area contributed by atoms with Gasteiger partial charge in [-0.15, -0.1) is 0 Å². The third-order valence-electron chi connectivity index (χ3n) is 6.62. The number of nitrogens with zero attached hydrogens (tertiary/aromatic N) is 1. The van der Waals surface area contributed by atoms with Crippen molar-refractivity contribution in [1.29, 1.82) is 0 Å². The van der Waals surface area contributed by atoms with Gasteiger partial charge in [-0.1, -0.05) is 0 Å². The topological polar surface area (TPSA) is 3.24 Å². The van der Waals surface area contributed by atoms with Crippen LogP contribution in [0.25, 0.3) is 0 Å². The molecular formula is C26H49NSiSn. The standard InChI is InChI=1S/C14H22NSi.3C4H9.Sn/c1-5-12-15(16(2,3)4)13-11-14-9-7-6-8-10-14;3*1-3-4-2;/h6-10H,1,11-13H2,2-4H3;3*1,3-4H2,2H3;. The van der Waals surface area contributed by atoms with Crippen LogP contribution in [-0.4, -0.2) is 44.3 Å². The molecule has 0 fully saturated rings. The van der Waals surface area contributed by atoms with E-state index in [1.54, 1.807) is 16.9 Å². The molecule has 0 bridgehead atoms. The first kappa shape index (κ1) is 27.0. The van der Waals surface area contributed by atoms with E-state index in [-0.39, 0.29) is 0 Å². The van der Waals surface area contributed by atoms with Crippen LogP contribution in [0.15, 0.2) is 40.5 Å². The maximum atomic E-state index is 4.87. The second kappa shape index (κ2) is 14.1. The molecule has 0 atom stereocenters. The summed E-state index contributed by atoms with van der Waals surface area (Å²) < 4.78 is 9.23. The second-order valence-corrected chi connectivity index (χ2v) is 28.6. The number of hydrogen-bond donors (Lipinski definition) is 0. The Morgan fingerprint density at radius 3 is 1.76 bits per heavy atom. The molecule has 1 nitrogen and oxygen atoms in total. The predicted molar refractivity (Wildman–Crippen MR) is 139 cm³/mol. The van der Waals surface area contributed by atoms with Gasteiger partial charge in [0.2, 0.25) is 0 Å². The van der Waals surface area contributed by atoms with E-state index >= 15 is 0 Å². The molecule has 0 amide bonds. The number of unbranched alkanes of at least 4 members (excludes halogenated alkanes) is 3. The Morgan fingerprint density at radius 2 is 1.34 bits per heavy atom. The fourth-order valence-electron chi connectivity index (χ4n) is 4.41. The van der Waals surface area contributed by atoms with Crippen LogP contribution < -0.4 is 0 Å². The third kappa shape index (κ3) is 9.73. The van der Waals surface area contributed by atoms with Crippen molar-refractivity contribution in [2.45, 2.75) is 98.7 Å². The Bertz CT molecular complexity index is 542. The van der Waals surface area contributed by atoms with Crippen LogP contribution in [0.4, 0.5) is 0 Å². The summed E-state index contributed by atoms with van der Waals surface area (Å²) in [6.07, 6.45) is 9.49. The Kier molecular flexibility index (Phi) is 13.1. The van der Waals surface area contributed by atoms with E-state index in [1.165, 1.54) is 63.6 Å². The second-order valence-electron chi connectivity index (χ2n) is 10.0. The van der Waals surface area contributed by atoms with Crippen LogP contribution in [0.1, 0.15) is 64.9 Å². The predicted octanol–water partition coefficient (Wildman–Crippen LogP) is 8.31. The molecule has 0 saturated heterocycles. The van der Waals surface area contributed by atoms with Gasteiger partial charge in [-0.2, -0.15) is 0 Å². The van der Waals surface area contributed by atoms with E-state index < -0.39 is 26.6 Å². The van der Waals surface area contributed by atoms with Crippen LogP contribution in [0.3, 0.4) is 0 Å². The summed E-state index contributed by atoms with van der Waals surface area (Å²) in [7, 11) is -1.37. The molecule has 0 saturated carbocycles. The van der Waals surface area contributed by atoms with Crippen molar-refractivity contribution in [2.24, 2.45) is 0 Å². The first-order chi connectivity index (χ1) is 13.8. The van der Waals surface area contributed by atoms with Gasteiger partial charge in [-0.3, -0.25) is 0 Å². The average Bonchev–Trinajstić information content (AvgIpc) is 2.70. The summed E-state index contributed by atoms with van der Waals surface area (Å²) in [5.74, 6) is 0. The van der Waals surface area contributed by atoms with Crippen LogP contribution in [0.5, 0.6) is 0 Å². The van der Waals surface area contributed by atoms with Crippen LogP contribution >= 0.6 is 0 Å². The Labute approximate surface area is 188 Å². The molecule has 29 heavy (non-hydrogen) atoms. The number of hydrogen-bond acceptors (Lipinski definition) is 1. The Balaban J connectivity index is 2.98. The van der Waals surface area contributed by atoms with E-state index in [9.17, 15) is 0 Å². The monoisotopic (exact) mass is 523 g/mol. The zero-order valence-electron chi connectivity index (χ0n) is 20.5. The van der Waals surface area contributed by atoms with Crippen molar-refractivity contribution in [3.8, 4) is 0 Å². The van der Waals surface area contributed by atoms with Gasteiger partial charge in [-0.05, 0) is 0 Å². The molecule has 0 spiro atoms. The van der Waals surface area contributed by atoms with E-state index in [2.05, 4.69) is 75.3 Å². The van der Waals surface area contributed by atoms with Gasteiger partial charge in [0, 0.05) is 0 Å². The Hall–Kier alpha value is -0.0644. The molecule has 0 aromatic heterocycles. The van der Waals surface area contributed by atoms with Gasteiger partial charge in [0.15, 0.2) is 0 Å². The summed E-state index contributed by atoms with van der Waals surface area (Å²) in [6, 6.07) is 11.0. The summed E-state index contributed by atoms with van der Waals surface area (Å²) in [4.78, 5) is 0. The molecule has 0 aliphatic heterocycles. The van der Waals surface area contributed by atoms with Crippen molar-refractivity contribution < 1.29 is 0 Å². The fourth-order valence-corrected chi connectivity index (χ4v) is 21.8. The molecule has 0 aliphatic carbocycles. The molecule has 166 valence electrons. The summed E-state index contributed by atoms with van der Waals surface area (Å²) >= 11 is -2.34. The van der Waals surface area contributed by atoms with Gasteiger partial charge in [0.05, 0.1) is 0 Å². The molecular weight excluding hydrogens is 473 g/mol. The van der Waals surface area contributed by atoms with Crippen molar-refractivity contribution in [3.63, 3.8) is 0 Å². The van der Waals surface area contributed by atoms with Crippen molar-refractivity contribution >= 4 is 26.6 Å². The molecule has 0 aliphatic rings. The van der Waals surface area contributed by atoms with E-state index in [0.717, 1.165) is 0 Å². The molecule has 0 N–H and O–H groups in total. The van der Waals surface area contributed by atoms with Crippen LogP contribution in [0.2, 0.25) is 33.0 Å². The molecule has 0 radical (unpaired) electrons. The molecule has 0 heterocycles. The number of rotatable bonds is 16. The van der Waals surface area contributed by atoms with Crippen LogP contribution in [0, 0.1) is 0 Å². The van der Waals surface area contributed by atoms with Crippen molar-refractivity contribution in [2.75, 3.05) is 13.1 Å². The molecule has 1 aromatic carbocycles. The van der Waals surface area contributed by atoms with Crippen molar-refractivity contribution in [1.82, 2.24) is 4.57 Å². The SMILES string of the molecule is C=[C](CN(CCc1ccccc1)[Si](C)(C)C)[Sn]([CH2]CCC)([CH2]CCC)[CH2]CCC. The van der Waals surface area contributed by atoms with Gasteiger partial charge < -0.3 is 0 Å². The molecule has 0 unspecified atom stereocenters. The minimum absolute atomic E-state index is 1.17. The average molecular weight is 522 g/mol. The van der Waals surface area contributed by atoms with Crippen LogP contribution in [-0.2, 0) is 6.42 Å². The fraction of sp³-hybridized carbons (Fsp3) is 0.692. The van der Waals surface area contributed by atoms with E-state index in [0.29, 0.717) is 0 Å². The Morgan fingerprint density at radius 1 is 0.862 bits per heavy atom. The maximum absolute atomic E-state index is 4.87. The molecule has 1 rings (SSSR count). The number of benzene rings is 1. The normalized spacial score (nSPS) is 12.5. The van der Waals surface area contributed by atoms with Gasteiger partial charge >= 0.3 is 189 Å². The van der Waals surface area contributed by atoms with E-state index in [1.807, 2.05) is 0 Å². The third-order valence-corrected chi connectivity index (χ3v) is 24.9. The van der Waals surface area contributed by atoms with Gasteiger partial charge in [0.25, 0.3) is 0 Å².